The molecule has 4 rings (SSSR count). The van der Waals surface area contributed by atoms with Gasteiger partial charge in [0.05, 0.1) is 22.6 Å². The molecule has 1 heterocycles. The predicted molar refractivity (Wildman–Crippen MR) is 127 cm³/mol. The summed E-state index contributed by atoms with van der Waals surface area (Å²) < 4.78 is 40.7. The second kappa shape index (κ2) is 9.61. The first kappa shape index (κ1) is 24.0. The van der Waals surface area contributed by atoms with Gasteiger partial charge in [-0.3, -0.25) is 9.59 Å². The lowest BCUT2D eigenvalue weighted by Crippen LogP contribution is -2.30. The minimum atomic E-state index is -4.51. The molecule has 0 spiro atoms. The van der Waals surface area contributed by atoms with Crippen molar-refractivity contribution in [1.82, 2.24) is 14.9 Å². The van der Waals surface area contributed by atoms with Gasteiger partial charge in [0.1, 0.15) is 12.4 Å². The summed E-state index contributed by atoms with van der Waals surface area (Å²) in [5.41, 5.74) is 2.01. The van der Waals surface area contributed by atoms with E-state index >= 15 is 0 Å². The molecular weight excluding hydrogens is 457 g/mol. The number of nitrogens with zero attached hydrogens (tertiary/aromatic N) is 2. The molecule has 1 unspecified atom stereocenters. The highest BCUT2D eigenvalue weighted by molar-refractivity contribution is 5.94. The summed E-state index contributed by atoms with van der Waals surface area (Å²) in [6, 6.07) is 18.2. The third-order valence-electron chi connectivity index (χ3n) is 5.51. The molecule has 180 valence electrons. The maximum Gasteiger partial charge on any atom is 0.416 e. The topological polar surface area (TPSA) is 76.0 Å². The van der Waals surface area contributed by atoms with Crippen LogP contribution in [-0.4, -0.2) is 21.4 Å². The van der Waals surface area contributed by atoms with E-state index in [0.717, 1.165) is 17.7 Å². The molecule has 35 heavy (non-hydrogen) atoms. The summed E-state index contributed by atoms with van der Waals surface area (Å²) in [6.07, 6.45) is -4.51. The van der Waals surface area contributed by atoms with E-state index in [-0.39, 0.29) is 18.1 Å². The number of alkyl halides is 3. The third kappa shape index (κ3) is 5.51. The van der Waals surface area contributed by atoms with Crippen LogP contribution in [0.1, 0.15) is 40.3 Å². The predicted octanol–water partition coefficient (Wildman–Crippen LogP) is 5.49. The van der Waals surface area contributed by atoms with E-state index in [2.05, 4.69) is 15.6 Å². The first-order chi connectivity index (χ1) is 16.6. The van der Waals surface area contributed by atoms with Gasteiger partial charge in [0.2, 0.25) is 5.91 Å². The summed E-state index contributed by atoms with van der Waals surface area (Å²) in [4.78, 5) is 30.1. The number of aromatic nitrogens is 2. The van der Waals surface area contributed by atoms with E-state index in [1.54, 1.807) is 41.8 Å². The Balaban J connectivity index is 1.57. The van der Waals surface area contributed by atoms with Crippen molar-refractivity contribution in [2.75, 3.05) is 5.32 Å². The number of rotatable bonds is 6. The van der Waals surface area contributed by atoms with Gasteiger partial charge in [0.25, 0.3) is 5.91 Å². The van der Waals surface area contributed by atoms with Gasteiger partial charge in [0.15, 0.2) is 0 Å². The Kier molecular flexibility index (Phi) is 6.59. The Morgan fingerprint density at radius 1 is 1.00 bits per heavy atom. The van der Waals surface area contributed by atoms with Crippen LogP contribution in [0, 0.1) is 6.92 Å². The van der Waals surface area contributed by atoms with Crippen LogP contribution in [0.5, 0.6) is 0 Å². The molecule has 9 heteroatoms. The third-order valence-corrected chi connectivity index (χ3v) is 5.51. The first-order valence-corrected chi connectivity index (χ1v) is 10.9. The lowest BCUT2D eigenvalue weighted by molar-refractivity contribution is -0.137. The lowest BCUT2D eigenvalue weighted by atomic mass is 10.1. The zero-order chi connectivity index (χ0) is 25.2. The standard InChI is InChI=1S/C26H23F3N4O2/c1-16-10-12-18(13-11-16)25(35)30-17(2)24-32-21-8-3-4-9-22(21)33(24)15-23(34)31-20-7-5-6-19(14-20)26(27,28)29/h3-14,17H,15H2,1-2H3,(H,30,35)(H,31,34). The van der Waals surface area contributed by atoms with Crippen LogP contribution >= 0.6 is 0 Å². The zero-order valence-corrected chi connectivity index (χ0v) is 19.1. The van der Waals surface area contributed by atoms with Gasteiger partial charge in [-0.2, -0.15) is 13.2 Å². The molecule has 0 saturated carbocycles. The highest BCUT2D eigenvalue weighted by Gasteiger charge is 2.30. The van der Waals surface area contributed by atoms with Crippen molar-refractivity contribution < 1.29 is 22.8 Å². The smallest absolute Gasteiger partial charge is 0.342 e. The van der Waals surface area contributed by atoms with Crippen LogP contribution in [0.25, 0.3) is 11.0 Å². The number of amides is 2. The highest BCUT2D eigenvalue weighted by Crippen LogP contribution is 2.30. The van der Waals surface area contributed by atoms with Gasteiger partial charge >= 0.3 is 6.18 Å². The molecule has 1 aromatic heterocycles. The van der Waals surface area contributed by atoms with Gasteiger partial charge in [0, 0.05) is 11.3 Å². The van der Waals surface area contributed by atoms with Crippen LogP contribution in [0.3, 0.4) is 0 Å². The Morgan fingerprint density at radius 2 is 1.71 bits per heavy atom. The average Bonchev–Trinajstić information content (AvgIpc) is 3.17. The Morgan fingerprint density at radius 3 is 2.43 bits per heavy atom. The number of carbonyl (C=O) groups excluding carboxylic acids is 2. The largest absolute Gasteiger partial charge is 0.416 e. The van der Waals surface area contributed by atoms with E-state index in [9.17, 15) is 22.8 Å². The Bertz CT molecular complexity index is 1380. The second-order valence-electron chi connectivity index (χ2n) is 8.23. The number of hydrogen-bond donors (Lipinski definition) is 2. The molecule has 3 aromatic carbocycles. The van der Waals surface area contributed by atoms with Crippen LogP contribution < -0.4 is 10.6 Å². The van der Waals surface area contributed by atoms with Crippen molar-refractivity contribution in [3.8, 4) is 0 Å². The average molecular weight is 480 g/mol. The van der Waals surface area contributed by atoms with Crippen molar-refractivity contribution in [3.63, 3.8) is 0 Å². The molecule has 4 aromatic rings. The van der Waals surface area contributed by atoms with Gasteiger partial charge in [-0.1, -0.05) is 35.9 Å². The fourth-order valence-corrected chi connectivity index (χ4v) is 3.76. The second-order valence-corrected chi connectivity index (χ2v) is 8.23. The van der Waals surface area contributed by atoms with Gasteiger partial charge in [-0.15, -0.1) is 0 Å². The molecule has 2 N–H and O–H groups in total. The van der Waals surface area contributed by atoms with Crippen LogP contribution in [0.4, 0.5) is 18.9 Å². The number of anilines is 1. The quantitative estimate of drug-likeness (QED) is 0.383. The fraction of sp³-hybridized carbons (Fsp3) is 0.192. The SMILES string of the molecule is Cc1ccc(C(=O)NC(C)c2nc3ccccc3n2CC(=O)Nc2cccc(C(F)(F)F)c2)cc1. The molecule has 0 fully saturated rings. The van der Waals surface area contributed by atoms with Crippen LogP contribution in [-0.2, 0) is 17.5 Å². The normalized spacial score (nSPS) is 12.4. The summed E-state index contributed by atoms with van der Waals surface area (Å²) in [6.45, 7) is 3.49. The fourth-order valence-electron chi connectivity index (χ4n) is 3.76. The Hall–Kier alpha value is -4.14. The maximum atomic E-state index is 13.0. The number of hydrogen-bond acceptors (Lipinski definition) is 3. The minimum absolute atomic E-state index is 0.0384. The number of imidazole rings is 1. The number of para-hydroxylation sites is 2. The van der Waals surface area contributed by atoms with E-state index in [0.29, 0.717) is 22.4 Å². The molecular formula is C26H23F3N4O2. The minimum Gasteiger partial charge on any atom is -0.342 e. The molecule has 0 aliphatic carbocycles. The van der Waals surface area contributed by atoms with E-state index in [1.807, 2.05) is 25.1 Å². The van der Waals surface area contributed by atoms with E-state index < -0.39 is 23.7 Å². The van der Waals surface area contributed by atoms with Gasteiger partial charge < -0.3 is 15.2 Å². The van der Waals surface area contributed by atoms with Crippen molar-refractivity contribution >= 4 is 28.5 Å². The van der Waals surface area contributed by atoms with Crippen molar-refractivity contribution in [1.29, 1.82) is 0 Å². The number of fused-ring (bicyclic) bond motifs is 1. The lowest BCUT2D eigenvalue weighted by Gasteiger charge is -2.17. The zero-order valence-electron chi connectivity index (χ0n) is 19.1. The monoisotopic (exact) mass is 480 g/mol. The number of nitrogens with one attached hydrogen (secondary N) is 2. The summed E-state index contributed by atoms with van der Waals surface area (Å²) in [7, 11) is 0. The molecule has 0 saturated heterocycles. The molecule has 0 radical (unpaired) electrons. The highest BCUT2D eigenvalue weighted by atomic mass is 19.4. The van der Waals surface area contributed by atoms with E-state index in [1.165, 1.54) is 12.1 Å². The molecule has 6 nitrogen and oxygen atoms in total. The summed E-state index contributed by atoms with van der Waals surface area (Å²) in [5, 5.41) is 5.42. The summed E-state index contributed by atoms with van der Waals surface area (Å²) >= 11 is 0. The van der Waals surface area contributed by atoms with E-state index in [4.69, 9.17) is 0 Å². The molecule has 0 bridgehead atoms. The van der Waals surface area contributed by atoms with Gasteiger partial charge in [-0.25, -0.2) is 4.98 Å². The number of halogens is 3. The van der Waals surface area contributed by atoms with Crippen molar-refractivity contribution in [2.45, 2.75) is 32.6 Å². The molecule has 2 amide bonds. The van der Waals surface area contributed by atoms with Crippen LogP contribution in [0.2, 0.25) is 0 Å². The Labute approximate surface area is 199 Å². The van der Waals surface area contributed by atoms with Gasteiger partial charge in [-0.05, 0) is 56.3 Å². The number of aryl methyl sites for hydroxylation is 1. The van der Waals surface area contributed by atoms with Crippen molar-refractivity contribution in [2.24, 2.45) is 0 Å². The number of benzene rings is 3. The first-order valence-electron chi connectivity index (χ1n) is 10.9. The molecule has 0 aliphatic heterocycles. The number of carbonyl (C=O) groups is 2. The van der Waals surface area contributed by atoms with Crippen LogP contribution in [0.15, 0.2) is 72.8 Å². The molecule has 1 atom stereocenters. The maximum absolute atomic E-state index is 13.0. The van der Waals surface area contributed by atoms with Crippen molar-refractivity contribution in [3.05, 3.63) is 95.3 Å². The summed E-state index contributed by atoms with van der Waals surface area (Å²) in [5.74, 6) is -0.360. The molecule has 0 aliphatic rings.